The number of alkyl carbamates (subject to hydrolysis) is 1. The number of hydrogen-bond acceptors (Lipinski definition) is 5. The Hall–Kier alpha value is -3.39. The fraction of sp³-hybridized carbons (Fsp3) is 0.444. The second-order valence-electron chi connectivity index (χ2n) is 9.67. The number of benzene rings is 2. The molecule has 1 saturated carbocycles. The summed E-state index contributed by atoms with van der Waals surface area (Å²) in [6, 6.07) is 16.4. The molecule has 2 unspecified atom stereocenters. The van der Waals surface area contributed by atoms with Gasteiger partial charge in [-0.15, -0.1) is 0 Å². The molecule has 1 aliphatic heterocycles. The van der Waals surface area contributed by atoms with E-state index in [4.69, 9.17) is 9.84 Å². The highest BCUT2D eigenvalue weighted by Gasteiger charge is 2.35. The molecule has 8 nitrogen and oxygen atoms in total. The fourth-order valence-corrected chi connectivity index (χ4v) is 5.72. The first-order valence-corrected chi connectivity index (χ1v) is 12.3. The molecule has 5 rings (SSSR count). The summed E-state index contributed by atoms with van der Waals surface area (Å²) < 4.78 is 5.66. The lowest BCUT2D eigenvalue weighted by Gasteiger charge is -2.35. The second kappa shape index (κ2) is 10.1. The van der Waals surface area contributed by atoms with Gasteiger partial charge >= 0.3 is 12.1 Å². The fourth-order valence-electron chi connectivity index (χ4n) is 5.72. The van der Waals surface area contributed by atoms with Crippen LogP contribution in [0.2, 0.25) is 0 Å². The normalized spacial score (nSPS) is 21.9. The van der Waals surface area contributed by atoms with Gasteiger partial charge in [0.05, 0.1) is 6.54 Å². The molecule has 0 radical (unpaired) electrons. The molecule has 2 aromatic rings. The van der Waals surface area contributed by atoms with Gasteiger partial charge in [0.15, 0.2) is 0 Å². The monoisotopic (exact) mass is 477 g/mol. The van der Waals surface area contributed by atoms with Crippen LogP contribution in [0.15, 0.2) is 48.5 Å². The van der Waals surface area contributed by atoms with Gasteiger partial charge in [-0.3, -0.25) is 14.5 Å². The topological polar surface area (TPSA) is 99.2 Å². The van der Waals surface area contributed by atoms with Crippen LogP contribution in [0.3, 0.4) is 0 Å². The number of aliphatic carboxylic acids is 1. The molecule has 2 aliphatic carbocycles. The molecule has 2 atom stereocenters. The summed E-state index contributed by atoms with van der Waals surface area (Å²) in [6.07, 6.45) is 1.66. The molecular weight excluding hydrogens is 446 g/mol. The van der Waals surface area contributed by atoms with Crippen LogP contribution >= 0.6 is 0 Å². The summed E-state index contributed by atoms with van der Waals surface area (Å²) in [5, 5.41) is 11.9. The number of rotatable bonds is 6. The second-order valence-corrected chi connectivity index (χ2v) is 9.67. The summed E-state index contributed by atoms with van der Waals surface area (Å²) in [7, 11) is 0. The molecule has 3 aliphatic rings. The smallest absolute Gasteiger partial charge is 0.407 e. The van der Waals surface area contributed by atoms with Crippen LogP contribution in [0.25, 0.3) is 11.1 Å². The number of nitrogens with one attached hydrogen (secondary N) is 1. The lowest BCUT2D eigenvalue weighted by molar-refractivity contribution is -0.140. The Morgan fingerprint density at radius 1 is 0.914 bits per heavy atom. The van der Waals surface area contributed by atoms with Crippen molar-refractivity contribution in [1.82, 2.24) is 15.1 Å². The summed E-state index contributed by atoms with van der Waals surface area (Å²) in [5.41, 5.74) is 4.74. The minimum atomic E-state index is -0.845. The molecule has 1 heterocycles. The largest absolute Gasteiger partial charge is 0.480 e. The van der Waals surface area contributed by atoms with Gasteiger partial charge in [0.1, 0.15) is 6.61 Å². The SMILES string of the molecule is O=C(O)CN1CCN(C(=O)C2CCC(NC(=O)OCC3c4ccccc4-c4ccccc43)C2)CC1. The van der Waals surface area contributed by atoms with E-state index in [1.807, 2.05) is 34.1 Å². The van der Waals surface area contributed by atoms with Crippen molar-refractivity contribution < 1.29 is 24.2 Å². The van der Waals surface area contributed by atoms with E-state index in [0.717, 1.165) is 12.8 Å². The number of carbonyl (C=O) groups is 3. The van der Waals surface area contributed by atoms with Crippen molar-refractivity contribution in [2.75, 3.05) is 39.3 Å². The van der Waals surface area contributed by atoms with E-state index in [0.29, 0.717) is 32.6 Å². The third-order valence-electron chi connectivity index (χ3n) is 7.49. The predicted octanol–water partition coefficient (Wildman–Crippen LogP) is 2.92. The predicted molar refractivity (Wildman–Crippen MR) is 130 cm³/mol. The van der Waals surface area contributed by atoms with Gasteiger partial charge in [-0.2, -0.15) is 0 Å². The summed E-state index contributed by atoms with van der Waals surface area (Å²) >= 11 is 0. The molecule has 0 spiro atoms. The van der Waals surface area contributed by atoms with E-state index < -0.39 is 12.1 Å². The number of piperazine rings is 1. The van der Waals surface area contributed by atoms with Crippen molar-refractivity contribution in [3.05, 3.63) is 59.7 Å². The zero-order valence-corrected chi connectivity index (χ0v) is 19.7. The Kier molecular flexibility index (Phi) is 6.72. The summed E-state index contributed by atoms with van der Waals surface area (Å²) in [5.74, 6) is -0.828. The highest BCUT2D eigenvalue weighted by atomic mass is 16.5. The lowest BCUT2D eigenvalue weighted by Crippen LogP contribution is -2.51. The van der Waals surface area contributed by atoms with Crippen LogP contribution in [0.5, 0.6) is 0 Å². The molecule has 2 fully saturated rings. The Morgan fingerprint density at radius 3 is 2.17 bits per heavy atom. The highest BCUT2D eigenvalue weighted by Crippen LogP contribution is 2.44. The van der Waals surface area contributed by atoms with Crippen molar-refractivity contribution in [3.8, 4) is 11.1 Å². The van der Waals surface area contributed by atoms with E-state index in [9.17, 15) is 14.4 Å². The number of hydrogen-bond donors (Lipinski definition) is 2. The first-order valence-electron chi connectivity index (χ1n) is 12.3. The van der Waals surface area contributed by atoms with Gasteiger partial charge in [0.2, 0.25) is 5.91 Å². The van der Waals surface area contributed by atoms with Gasteiger partial charge < -0.3 is 20.1 Å². The molecule has 0 aromatic heterocycles. The molecule has 2 amide bonds. The number of carboxylic acid groups (broad SMARTS) is 1. The molecule has 35 heavy (non-hydrogen) atoms. The number of carbonyl (C=O) groups excluding carboxylic acids is 2. The number of amides is 2. The molecule has 0 bridgehead atoms. The summed E-state index contributed by atoms with van der Waals surface area (Å²) in [4.78, 5) is 40.1. The van der Waals surface area contributed by atoms with Crippen molar-refractivity contribution in [2.24, 2.45) is 5.92 Å². The van der Waals surface area contributed by atoms with Crippen molar-refractivity contribution in [2.45, 2.75) is 31.2 Å². The number of fused-ring (bicyclic) bond motifs is 3. The molecule has 1 saturated heterocycles. The maximum Gasteiger partial charge on any atom is 0.407 e. The van der Waals surface area contributed by atoms with E-state index >= 15 is 0 Å². The Labute approximate surface area is 204 Å². The van der Waals surface area contributed by atoms with Crippen LogP contribution in [-0.2, 0) is 14.3 Å². The molecular formula is C27H31N3O5. The van der Waals surface area contributed by atoms with Crippen LogP contribution in [0.4, 0.5) is 4.79 Å². The minimum absolute atomic E-state index is 0.0115. The molecule has 2 aromatic carbocycles. The third-order valence-corrected chi connectivity index (χ3v) is 7.49. The first-order chi connectivity index (χ1) is 17.0. The number of nitrogens with zero attached hydrogens (tertiary/aromatic N) is 2. The van der Waals surface area contributed by atoms with Crippen LogP contribution in [-0.4, -0.2) is 78.2 Å². The van der Waals surface area contributed by atoms with Gasteiger partial charge in [-0.25, -0.2) is 4.79 Å². The number of carboxylic acids is 1. The summed E-state index contributed by atoms with van der Waals surface area (Å²) in [6.45, 7) is 2.53. The van der Waals surface area contributed by atoms with Crippen LogP contribution in [0, 0.1) is 5.92 Å². The minimum Gasteiger partial charge on any atom is -0.480 e. The van der Waals surface area contributed by atoms with Crippen LogP contribution < -0.4 is 5.32 Å². The standard InChI is InChI=1S/C27H31N3O5/c31-25(32)16-29-11-13-30(14-12-29)26(33)18-9-10-19(15-18)28-27(34)35-17-24-22-7-3-1-5-20(22)21-6-2-4-8-23(21)24/h1-8,18-19,24H,9-17H2,(H,28,34)(H,31,32). The average Bonchev–Trinajstić information content (AvgIpc) is 3.45. The number of ether oxygens (including phenoxy) is 1. The van der Waals surface area contributed by atoms with Crippen molar-refractivity contribution in [1.29, 1.82) is 0 Å². The van der Waals surface area contributed by atoms with Crippen LogP contribution in [0.1, 0.15) is 36.3 Å². The Bertz CT molecular complexity index is 1070. The van der Waals surface area contributed by atoms with Gasteiger partial charge in [0.25, 0.3) is 0 Å². The van der Waals surface area contributed by atoms with Gasteiger partial charge in [0, 0.05) is 44.1 Å². The lowest BCUT2D eigenvalue weighted by atomic mass is 9.98. The maximum absolute atomic E-state index is 12.9. The maximum atomic E-state index is 12.9. The molecule has 8 heteroatoms. The Balaban J connectivity index is 1.10. The Morgan fingerprint density at radius 2 is 1.54 bits per heavy atom. The highest BCUT2D eigenvalue weighted by molar-refractivity contribution is 5.80. The van der Waals surface area contributed by atoms with Crippen molar-refractivity contribution >= 4 is 18.0 Å². The van der Waals surface area contributed by atoms with Gasteiger partial charge in [-0.05, 0) is 41.5 Å². The average molecular weight is 478 g/mol. The molecule has 2 N–H and O–H groups in total. The van der Waals surface area contributed by atoms with Gasteiger partial charge in [-0.1, -0.05) is 48.5 Å². The quantitative estimate of drug-likeness (QED) is 0.664. The third kappa shape index (κ3) is 5.03. The van der Waals surface area contributed by atoms with E-state index in [1.165, 1.54) is 22.3 Å². The zero-order valence-electron chi connectivity index (χ0n) is 19.7. The van der Waals surface area contributed by atoms with E-state index in [1.54, 1.807) is 0 Å². The van der Waals surface area contributed by atoms with E-state index in [2.05, 4.69) is 29.6 Å². The molecule has 184 valence electrons. The first kappa shape index (κ1) is 23.4. The zero-order chi connectivity index (χ0) is 24.4. The van der Waals surface area contributed by atoms with E-state index in [-0.39, 0.29) is 36.9 Å². The van der Waals surface area contributed by atoms with Crippen molar-refractivity contribution in [3.63, 3.8) is 0 Å².